The van der Waals surface area contributed by atoms with Gasteiger partial charge in [-0.3, -0.25) is 4.79 Å². The summed E-state index contributed by atoms with van der Waals surface area (Å²) < 4.78 is 0. The summed E-state index contributed by atoms with van der Waals surface area (Å²) in [4.78, 5) is 24.2. The van der Waals surface area contributed by atoms with E-state index in [2.05, 4.69) is 4.84 Å². The third-order valence-electron chi connectivity index (χ3n) is 1.52. The number of aliphatic carboxylic acids is 1. The summed E-state index contributed by atoms with van der Waals surface area (Å²) in [6.07, 6.45) is 1.31. The zero-order chi connectivity index (χ0) is 10.3. The molecule has 0 aliphatic carbocycles. The van der Waals surface area contributed by atoms with Crippen molar-refractivity contribution < 1.29 is 19.8 Å². The highest BCUT2D eigenvalue weighted by Crippen LogP contribution is 2.06. The molecule has 1 unspecified atom stereocenters. The molecule has 6 heteroatoms. The maximum atomic E-state index is 10.1. The molecule has 0 aromatic carbocycles. The van der Waals surface area contributed by atoms with Gasteiger partial charge in [0.25, 0.3) is 5.09 Å². The molecule has 0 saturated carbocycles. The molecule has 0 spiro atoms. The minimum atomic E-state index is -0.845. The first-order valence-corrected chi connectivity index (χ1v) is 4.05. The van der Waals surface area contributed by atoms with Gasteiger partial charge in [0, 0.05) is 6.42 Å². The van der Waals surface area contributed by atoms with Gasteiger partial charge in [0.1, 0.15) is 6.10 Å². The van der Waals surface area contributed by atoms with Gasteiger partial charge in [0.15, 0.2) is 0 Å². The third-order valence-corrected chi connectivity index (χ3v) is 1.52. The van der Waals surface area contributed by atoms with Crippen LogP contribution in [0, 0.1) is 10.1 Å². The first-order chi connectivity index (χ1) is 6.02. The molecule has 6 nitrogen and oxygen atoms in total. The van der Waals surface area contributed by atoms with E-state index < -0.39 is 17.2 Å². The van der Waals surface area contributed by atoms with E-state index in [4.69, 9.17) is 5.11 Å². The summed E-state index contributed by atoms with van der Waals surface area (Å²) in [5.41, 5.74) is 0. The predicted molar refractivity (Wildman–Crippen MR) is 43.6 cm³/mol. The molecule has 1 N–H and O–H groups in total. The number of hydrogen-bond donors (Lipinski definition) is 1. The van der Waals surface area contributed by atoms with Crippen LogP contribution in [0.4, 0.5) is 0 Å². The molecular weight excluding hydrogens is 178 g/mol. The van der Waals surface area contributed by atoms with Crippen molar-refractivity contribution >= 4 is 5.97 Å². The summed E-state index contributed by atoms with van der Waals surface area (Å²) in [7, 11) is 0. The molecule has 0 aliphatic heterocycles. The monoisotopic (exact) mass is 191 g/mol. The van der Waals surface area contributed by atoms with Crippen LogP contribution in [0.15, 0.2) is 0 Å². The van der Waals surface area contributed by atoms with E-state index >= 15 is 0 Å². The van der Waals surface area contributed by atoms with Crippen molar-refractivity contribution in [2.24, 2.45) is 0 Å². The lowest BCUT2D eigenvalue weighted by Gasteiger charge is -2.07. The van der Waals surface area contributed by atoms with Gasteiger partial charge in [-0.2, -0.15) is 0 Å². The van der Waals surface area contributed by atoms with Crippen molar-refractivity contribution in [3.63, 3.8) is 0 Å². The maximum Gasteiger partial charge on any atom is 0.303 e. The normalized spacial score (nSPS) is 12.1. The molecular formula is C7H13NO5. The molecule has 0 saturated heterocycles. The standard InChI is InChI=1S/C7H13NO5/c1-6(13-8(11)12)4-2-3-5-7(9)10/h6H,2-5H2,1H3,(H,9,10). The molecule has 0 amide bonds. The van der Waals surface area contributed by atoms with Crippen LogP contribution in [0.2, 0.25) is 0 Å². The summed E-state index contributed by atoms with van der Waals surface area (Å²) in [5.74, 6) is -0.845. The molecule has 0 aromatic heterocycles. The average molecular weight is 191 g/mol. The summed E-state index contributed by atoms with van der Waals surface area (Å²) >= 11 is 0. The molecule has 0 rings (SSSR count). The molecule has 0 aromatic rings. The minimum Gasteiger partial charge on any atom is -0.481 e. The number of nitrogens with zero attached hydrogens (tertiary/aromatic N) is 1. The summed E-state index contributed by atoms with van der Waals surface area (Å²) in [6, 6.07) is 0. The molecule has 13 heavy (non-hydrogen) atoms. The van der Waals surface area contributed by atoms with Gasteiger partial charge in [0.2, 0.25) is 0 Å². The Morgan fingerprint density at radius 1 is 1.62 bits per heavy atom. The van der Waals surface area contributed by atoms with Crippen molar-refractivity contribution in [2.75, 3.05) is 0 Å². The second kappa shape index (κ2) is 6.22. The van der Waals surface area contributed by atoms with Crippen molar-refractivity contribution in [1.29, 1.82) is 0 Å². The average Bonchev–Trinajstić information content (AvgIpc) is 1.96. The third kappa shape index (κ3) is 8.58. The van der Waals surface area contributed by atoms with Crippen molar-refractivity contribution in [3.8, 4) is 0 Å². The minimum absolute atomic E-state index is 0.102. The fraction of sp³-hybridized carbons (Fsp3) is 0.857. The number of unbranched alkanes of at least 4 members (excludes halogenated alkanes) is 1. The molecule has 0 fully saturated rings. The molecule has 76 valence electrons. The smallest absolute Gasteiger partial charge is 0.303 e. The Morgan fingerprint density at radius 3 is 2.69 bits per heavy atom. The highest BCUT2D eigenvalue weighted by molar-refractivity contribution is 5.66. The number of carboxylic acids is 1. The van der Waals surface area contributed by atoms with E-state index in [1.54, 1.807) is 6.92 Å². The van der Waals surface area contributed by atoms with Crippen LogP contribution >= 0.6 is 0 Å². The molecule has 1 atom stereocenters. The maximum absolute atomic E-state index is 10.1. The second-order valence-corrected chi connectivity index (χ2v) is 2.78. The van der Waals surface area contributed by atoms with E-state index in [0.717, 1.165) is 0 Å². The van der Waals surface area contributed by atoms with Gasteiger partial charge >= 0.3 is 5.97 Å². The Morgan fingerprint density at radius 2 is 2.23 bits per heavy atom. The largest absolute Gasteiger partial charge is 0.481 e. The number of rotatable bonds is 7. The first-order valence-electron chi connectivity index (χ1n) is 4.05. The van der Waals surface area contributed by atoms with Crippen LogP contribution in [-0.2, 0) is 9.63 Å². The predicted octanol–water partition coefficient (Wildman–Crippen LogP) is 1.23. The first kappa shape index (κ1) is 11.7. The number of carbonyl (C=O) groups is 1. The van der Waals surface area contributed by atoms with E-state index in [-0.39, 0.29) is 6.42 Å². The zero-order valence-electron chi connectivity index (χ0n) is 7.43. The SMILES string of the molecule is CC(CCCCC(=O)O)O[N+](=O)[O-]. The number of carboxylic acid groups (broad SMARTS) is 1. The van der Waals surface area contributed by atoms with Crippen molar-refractivity contribution in [3.05, 3.63) is 10.1 Å². The van der Waals surface area contributed by atoms with Crippen LogP contribution in [0.3, 0.4) is 0 Å². The molecule has 0 bridgehead atoms. The Balaban J connectivity index is 3.31. The lowest BCUT2D eigenvalue weighted by atomic mass is 10.1. The zero-order valence-corrected chi connectivity index (χ0v) is 7.43. The Bertz CT molecular complexity index is 182. The van der Waals surface area contributed by atoms with Crippen LogP contribution < -0.4 is 0 Å². The Labute approximate surface area is 75.6 Å². The highest BCUT2D eigenvalue weighted by Gasteiger charge is 2.06. The van der Waals surface area contributed by atoms with Gasteiger partial charge in [-0.25, -0.2) is 0 Å². The van der Waals surface area contributed by atoms with E-state index in [0.29, 0.717) is 19.3 Å². The van der Waals surface area contributed by atoms with E-state index in [9.17, 15) is 14.9 Å². The molecule has 0 radical (unpaired) electrons. The van der Waals surface area contributed by atoms with Gasteiger partial charge in [0.05, 0.1) is 0 Å². The van der Waals surface area contributed by atoms with Crippen LogP contribution in [0.5, 0.6) is 0 Å². The van der Waals surface area contributed by atoms with Gasteiger partial charge in [-0.1, -0.05) is 6.42 Å². The van der Waals surface area contributed by atoms with Crippen LogP contribution in [0.25, 0.3) is 0 Å². The lowest BCUT2D eigenvalue weighted by molar-refractivity contribution is -0.767. The van der Waals surface area contributed by atoms with Gasteiger partial charge in [-0.05, 0) is 19.8 Å². The molecule has 0 heterocycles. The lowest BCUT2D eigenvalue weighted by Crippen LogP contribution is -2.13. The van der Waals surface area contributed by atoms with Gasteiger partial charge < -0.3 is 9.94 Å². The fourth-order valence-electron chi connectivity index (χ4n) is 0.908. The van der Waals surface area contributed by atoms with E-state index in [1.165, 1.54) is 0 Å². The highest BCUT2D eigenvalue weighted by atomic mass is 17.0. The van der Waals surface area contributed by atoms with Crippen molar-refractivity contribution in [2.45, 2.75) is 38.7 Å². The van der Waals surface area contributed by atoms with E-state index in [1.807, 2.05) is 0 Å². The fourth-order valence-corrected chi connectivity index (χ4v) is 0.908. The number of hydrogen-bond acceptors (Lipinski definition) is 4. The molecule has 0 aliphatic rings. The quantitative estimate of drug-likeness (QED) is 0.371. The van der Waals surface area contributed by atoms with Crippen LogP contribution in [-0.4, -0.2) is 22.3 Å². The Hall–Kier alpha value is -1.33. The van der Waals surface area contributed by atoms with Crippen molar-refractivity contribution in [1.82, 2.24) is 0 Å². The summed E-state index contributed by atoms with van der Waals surface area (Å²) in [5, 5.41) is 17.3. The Kier molecular flexibility index (Phi) is 5.58. The van der Waals surface area contributed by atoms with Gasteiger partial charge in [-0.15, -0.1) is 10.1 Å². The topological polar surface area (TPSA) is 89.7 Å². The second-order valence-electron chi connectivity index (χ2n) is 2.78. The summed E-state index contributed by atoms with van der Waals surface area (Å²) in [6.45, 7) is 1.59. The van der Waals surface area contributed by atoms with Crippen LogP contribution in [0.1, 0.15) is 32.6 Å².